The molecule has 1 aliphatic rings. The van der Waals surface area contributed by atoms with Crippen molar-refractivity contribution in [3.63, 3.8) is 0 Å². The first-order chi connectivity index (χ1) is 14.1. The van der Waals surface area contributed by atoms with Crippen molar-refractivity contribution in [1.29, 1.82) is 0 Å². The average Bonchev–Trinajstić information content (AvgIpc) is 3.29. The maximum atomic E-state index is 12.6. The van der Waals surface area contributed by atoms with Crippen LogP contribution < -0.4 is 15.0 Å². The number of hydrogen-bond acceptors (Lipinski definition) is 5. The van der Waals surface area contributed by atoms with E-state index in [4.69, 9.17) is 16.3 Å². The Kier molecular flexibility index (Phi) is 5.53. The molecule has 0 unspecified atom stereocenters. The van der Waals surface area contributed by atoms with Crippen LogP contribution in [0.15, 0.2) is 54.9 Å². The van der Waals surface area contributed by atoms with E-state index in [0.29, 0.717) is 42.6 Å². The summed E-state index contributed by atoms with van der Waals surface area (Å²) in [4.78, 5) is 16.5. The Bertz CT molecular complexity index is 969. The van der Waals surface area contributed by atoms with Crippen LogP contribution in [0, 0.1) is 0 Å². The zero-order chi connectivity index (χ0) is 20.2. The van der Waals surface area contributed by atoms with Gasteiger partial charge in [-0.25, -0.2) is 4.79 Å². The summed E-state index contributed by atoms with van der Waals surface area (Å²) in [5.74, 6) is 2.14. The molecule has 1 aromatic carbocycles. The fourth-order valence-corrected chi connectivity index (χ4v) is 3.39. The Balaban J connectivity index is 1.35. The summed E-state index contributed by atoms with van der Waals surface area (Å²) in [6.07, 6.45) is 3.85. The van der Waals surface area contributed by atoms with Crippen LogP contribution in [0.25, 0.3) is 5.82 Å². The molecular formula is C20H21ClN6O2. The molecule has 0 aliphatic carbocycles. The van der Waals surface area contributed by atoms with Crippen molar-refractivity contribution in [2.75, 3.05) is 43.5 Å². The highest BCUT2D eigenvalue weighted by molar-refractivity contribution is 6.31. The van der Waals surface area contributed by atoms with Crippen molar-refractivity contribution in [1.82, 2.24) is 19.7 Å². The first-order valence-electron chi connectivity index (χ1n) is 9.25. The molecular weight excluding hydrogens is 392 g/mol. The van der Waals surface area contributed by atoms with Crippen LogP contribution in [-0.2, 0) is 0 Å². The summed E-state index contributed by atoms with van der Waals surface area (Å²) in [5, 5.41) is 12.0. The second kappa shape index (κ2) is 8.40. The number of rotatable bonds is 4. The van der Waals surface area contributed by atoms with Gasteiger partial charge in [0.15, 0.2) is 11.6 Å². The van der Waals surface area contributed by atoms with Gasteiger partial charge in [-0.15, -0.1) is 10.2 Å². The summed E-state index contributed by atoms with van der Waals surface area (Å²) in [5.41, 5.74) is 0.555. The Morgan fingerprint density at radius 3 is 2.38 bits per heavy atom. The van der Waals surface area contributed by atoms with Gasteiger partial charge < -0.3 is 24.4 Å². The monoisotopic (exact) mass is 412 g/mol. The second-order valence-corrected chi connectivity index (χ2v) is 7.03. The highest BCUT2D eigenvalue weighted by atomic mass is 35.5. The lowest BCUT2D eigenvalue weighted by Crippen LogP contribution is -2.50. The molecule has 1 N–H and O–H groups in total. The molecule has 1 aliphatic heterocycles. The number of methoxy groups -OCH3 is 1. The minimum atomic E-state index is -0.181. The van der Waals surface area contributed by atoms with Gasteiger partial charge in [0, 0.05) is 43.6 Å². The van der Waals surface area contributed by atoms with E-state index in [0.717, 1.165) is 11.6 Å². The van der Waals surface area contributed by atoms with Crippen molar-refractivity contribution in [2.45, 2.75) is 0 Å². The number of urea groups is 1. The maximum absolute atomic E-state index is 12.6. The summed E-state index contributed by atoms with van der Waals surface area (Å²) in [6, 6.07) is 12.7. The maximum Gasteiger partial charge on any atom is 0.322 e. The minimum Gasteiger partial charge on any atom is -0.495 e. The summed E-state index contributed by atoms with van der Waals surface area (Å²) in [6.45, 7) is 2.51. The number of nitrogens with zero attached hydrogens (tertiary/aromatic N) is 5. The molecule has 2 aromatic heterocycles. The van der Waals surface area contributed by atoms with Crippen molar-refractivity contribution >= 4 is 29.1 Å². The lowest BCUT2D eigenvalue weighted by molar-refractivity contribution is 0.208. The number of piperazine rings is 1. The van der Waals surface area contributed by atoms with E-state index in [2.05, 4.69) is 20.4 Å². The van der Waals surface area contributed by atoms with Crippen LogP contribution in [-0.4, -0.2) is 59.0 Å². The predicted octanol–water partition coefficient (Wildman–Crippen LogP) is 3.28. The number of halogens is 1. The SMILES string of the molecule is COc1ccc(Cl)cc1NC(=O)N1CCN(c2ccc(-n3cccc3)nn2)CC1. The second-order valence-electron chi connectivity index (χ2n) is 6.59. The summed E-state index contributed by atoms with van der Waals surface area (Å²) >= 11 is 6.03. The van der Waals surface area contributed by atoms with Crippen LogP contribution >= 0.6 is 11.6 Å². The standard InChI is InChI=1S/C20H21ClN6O2/c1-29-17-5-4-15(21)14-16(17)22-20(28)27-12-10-26(11-13-27)19-7-6-18(23-24-19)25-8-2-3-9-25/h2-9,14H,10-13H2,1H3,(H,22,28). The molecule has 4 rings (SSSR count). The average molecular weight is 413 g/mol. The number of amides is 2. The van der Waals surface area contributed by atoms with Gasteiger partial charge in [0.1, 0.15) is 5.75 Å². The Hall–Kier alpha value is -3.26. The molecule has 8 nitrogen and oxygen atoms in total. The molecule has 0 atom stereocenters. The van der Waals surface area contributed by atoms with Crippen LogP contribution in [0.3, 0.4) is 0 Å². The Morgan fingerprint density at radius 1 is 1.03 bits per heavy atom. The molecule has 2 amide bonds. The van der Waals surface area contributed by atoms with Gasteiger partial charge in [0.2, 0.25) is 0 Å². The van der Waals surface area contributed by atoms with Gasteiger partial charge in [0.25, 0.3) is 0 Å². The topological polar surface area (TPSA) is 75.5 Å². The number of ether oxygens (including phenoxy) is 1. The van der Waals surface area contributed by atoms with Gasteiger partial charge in [-0.2, -0.15) is 0 Å². The van der Waals surface area contributed by atoms with Crippen molar-refractivity contribution in [2.24, 2.45) is 0 Å². The normalized spacial score (nSPS) is 14.0. The highest BCUT2D eigenvalue weighted by Gasteiger charge is 2.23. The molecule has 0 saturated carbocycles. The van der Waals surface area contributed by atoms with Crippen molar-refractivity contribution < 1.29 is 9.53 Å². The number of benzene rings is 1. The highest BCUT2D eigenvalue weighted by Crippen LogP contribution is 2.28. The third-order valence-electron chi connectivity index (χ3n) is 4.80. The van der Waals surface area contributed by atoms with Crippen LogP contribution in [0.5, 0.6) is 5.75 Å². The molecule has 1 saturated heterocycles. The van der Waals surface area contributed by atoms with Crippen molar-refractivity contribution in [3.8, 4) is 11.6 Å². The lowest BCUT2D eigenvalue weighted by atomic mass is 10.3. The number of nitrogens with one attached hydrogen (secondary N) is 1. The van der Waals surface area contributed by atoms with Crippen LogP contribution in [0.1, 0.15) is 0 Å². The zero-order valence-corrected chi connectivity index (χ0v) is 16.7. The number of anilines is 2. The number of hydrogen-bond donors (Lipinski definition) is 1. The molecule has 9 heteroatoms. The van der Waals surface area contributed by atoms with E-state index >= 15 is 0 Å². The fourth-order valence-electron chi connectivity index (χ4n) is 3.22. The number of carbonyl (C=O) groups excluding carboxylic acids is 1. The molecule has 3 heterocycles. The van der Waals surface area contributed by atoms with E-state index in [-0.39, 0.29) is 6.03 Å². The zero-order valence-electron chi connectivity index (χ0n) is 16.0. The molecule has 3 aromatic rings. The first kappa shape index (κ1) is 19.1. The van der Waals surface area contributed by atoms with Gasteiger partial charge in [-0.1, -0.05) is 11.6 Å². The predicted molar refractivity (Wildman–Crippen MR) is 112 cm³/mol. The molecule has 150 valence electrons. The van der Waals surface area contributed by atoms with Crippen molar-refractivity contribution in [3.05, 3.63) is 59.9 Å². The van der Waals surface area contributed by atoms with E-state index in [9.17, 15) is 4.79 Å². The minimum absolute atomic E-state index is 0.181. The third kappa shape index (κ3) is 4.27. The molecule has 1 fully saturated rings. The Morgan fingerprint density at radius 2 is 1.72 bits per heavy atom. The third-order valence-corrected chi connectivity index (χ3v) is 5.03. The van der Waals surface area contributed by atoms with E-state index in [1.807, 2.05) is 41.2 Å². The summed E-state index contributed by atoms with van der Waals surface area (Å²) < 4.78 is 7.19. The molecule has 0 radical (unpaired) electrons. The van der Waals surface area contributed by atoms with Gasteiger partial charge in [0.05, 0.1) is 12.8 Å². The Labute approximate surface area is 173 Å². The lowest BCUT2D eigenvalue weighted by Gasteiger charge is -2.35. The smallest absolute Gasteiger partial charge is 0.322 e. The molecule has 0 bridgehead atoms. The fraction of sp³-hybridized carbons (Fsp3) is 0.250. The first-order valence-corrected chi connectivity index (χ1v) is 9.63. The molecule has 0 spiro atoms. The van der Waals surface area contributed by atoms with E-state index in [1.54, 1.807) is 30.2 Å². The van der Waals surface area contributed by atoms with Crippen LogP contribution in [0.4, 0.5) is 16.3 Å². The van der Waals surface area contributed by atoms with Crippen LogP contribution in [0.2, 0.25) is 5.02 Å². The molecule has 29 heavy (non-hydrogen) atoms. The van der Waals surface area contributed by atoms with E-state index < -0.39 is 0 Å². The summed E-state index contributed by atoms with van der Waals surface area (Å²) in [7, 11) is 1.56. The van der Waals surface area contributed by atoms with E-state index in [1.165, 1.54) is 0 Å². The number of carbonyl (C=O) groups is 1. The number of aromatic nitrogens is 3. The van der Waals surface area contributed by atoms with Gasteiger partial charge in [-0.3, -0.25) is 0 Å². The quantitative estimate of drug-likeness (QED) is 0.711. The van der Waals surface area contributed by atoms with Gasteiger partial charge >= 0.3 is 6.03 Å². The van der Waals surface area contributed by atoms with Gasteiger partial charge in [-0.05, 0) is 42.5 Å². The largest absolute Gasteiger partial charge is 0.495 e.